The van der Waals surface area contributed by atoms with E-state index < -0.39 is 0 Å². The largest absolute Gasteiger partial charge is 0.267 e. The van der Waals surface area contributed by atoms with E-state index in [1.807, 2.05) is 6.07 Å². The second kappa shape index (κ2) is 3.17. The van der Waals surface area contributed by atoms with Crippen molar-refractivity contribution < 1.29 is 0 Å². The Bertz CT molecular complexity index is 467. The van der Waals surface area contributed by atoms with Gasteiger partial charge in [0.2, 0.25) is 5.82 Å². The topological polar surface area (TPSA) is 54.5 Å². The summed E-state index contributed by atoms with van der Waals surface area (Å²) >= 11 is 7.02. The number of hydrogen-bond donors (Lipinski definition) is 0. The molecule has 0 aliphatic rings. The Kier molecular flexibility index (Phi) is 2.00. The van der Waals surface area contributed by atoms with Crippen LogP contribution in [0.4, 0.5) is 0 Å². The molecular formula is C7H3ClN4S. The van der Waals surface area contributed by atoms with Gasteiger partial charge in [-0.1, -0.05) is 11.6 Å². The molecule has 2 heterocycles. The summed E-state index contributed by atoms with van der Waals surface area (Å²) < 4.78 is 1.59. The fraction of sp³-hybridized carbons (Fsp3) is 0. The maximum atomic E-state index is 8.69. The minimum absolute atomic E-state index is 0.311. The molecule has 2 aromatic heterocycles. The van der Waals surface area contributed by atoms with Crippen molar-refractivity contribution in [3.63, 3.8) is 0 Å². The molecule has 6 heteroatoms. The highest BCUT2D eigenvalue weighted by Gasteiger charge is 2.06. The van der Waals surface area contributed by atoms with Gasteiger partial charge in [0.1, 0.15) is 11.2 Å². The number of hydrogen-bond acceptors (Lipinski definition) is 4. The fourth-order valence-corrected chi connectivity index (χ4v) is 1.83. The summed E-state index contributed by atoms with van der Waals surface area (Å²) in [7, 11) is 0. The van der Waals surface area contributed by atoms with E-state index in [2.05, 4.69) is 9.97 Å². The van der Waals surface area contributed by atoms with Crippen LogP contribution in [0.2, 0.25) is 5.15 Å². The molecule has 0 saturated heterocycles. The van der Waals surface area contributed by atoms with Gasteiger partial charge in [-0.2, -0.15) is 5.26 Å². The summed E-state index contributed by atoms with van der Waals surface area (Å²) in [5, 5.41) is 11.5. The molecule has 0 N–H and O–H groups in total. The lowest BCUT2D eigenvalue weighted by molar-refractivity contribution is 1.00. The normalized spacial score (nSPS) is 9.85. The lowest BCUT2D eigenvalue weighted by Crippen LogP contribution is -1.94. The molecule has 13 heavy (non-hydrogen) atoms. The third kappa shape index (κ3) is 1.41. The highest BCUT2D eigenvalue weighted by Crippen LogP contribution is 2.18. The van der Waals surface area contributed by atoms with Crippen molar-refractivity contribution in [3.8, 4) is 11.2 Å². The van der Waals surface area contributed by atoms with E-state index >= 15 is 0 Å². The lowest BCUT2D eigenvalue weighted by atomic mass is 10.7. The molecule has 0 aliphatic carbocycles. The van der Waals surface area contributed by atoms with Crippen LogP contribution in [0.25, 0.3) is 5.13 Å². The van der Waals surface area contributed by atoms with Gasteiger partial charge in [-0.3, -0.25) is 4.57 Å². The summed E-state index contributed by atoms with van der Waals surface area (Å²) in [6, 6.07) is 1.96. The molecule has 0 atom stereocenters. The highest BCUT2D eigenvalue weighted by molar-refractivity contribution is 7.12. The Morgan fingerprint density at radius 3 is 3.08 bits per heavy atom. The predicted octanol–water partition coefficient (Wildman–Crippen LogP) is 1.85. The highest BCUT2D eigenvalue weighted by atomic mass is 35.5. The van der Waals surface area contributed by atoms with Gasteiger partial charge in [0, 0.05) is 17.8 Å². The molecule has 0 spiro atoms. The molecule has 0 amide bonds. The SMILES string of the molecule is N#Cc1nccn1-c1nc(Cl)cs1. The summed E-state index contributed by atoms with van der Waals surface area (Å²) in [4.78, 5) is 7.86. The van der Waals surface area contributed by atoms with E-state index in [1.165, 1.54) is 11.3 Å². The first-order valence-corrected chi connectivity index (χ1v) is 4.62. The third-order valence-electron chi connectivity index (χ3n) is 1.41. The van der Waals surface area contributed by atoms with Crippen LogP contribution in [0.1, 0.15) is 5.82 Å². The van der Waals surface area contributed by atoms with Gasteiger partial charge in [-0.15, -0.1) is 11.3 Å². The summed E-state index contributed by atoms with van der Waals surface area (Å²) in [5.74, 6) is 0.311. The smallest absolute Gasteiger partial charge is 0.219 e. The van der Waals surface area contributed by atoms with Crippen LogP contribution in [-0.2, 0) is 0 Å². The Balaban J connectivity index is 2.53. The van der Waals surface area contributed by atoms with Crippen molar-refractivity contribution in [1.82, 2.24) is 14.5 Å². The maximum Gasteiger partial charge on any atom is 0.219 e. The number of imidazole rings is 1. The molecule has 0 aliphatic heterocycles. The van der Waals surface area contributed by atoms with Crippen molar-refractivity contribution in [2.45, 2.75) is 0 Å². The maximum absolute atomic E-state index is 8.69. The van der Waals surface area contributed by atoms with Crippen molar-refractivity contribution in [1.29, 1.82) is 5.26 Å². The first-order chi connectivity index (χ1) is 6.31. The number of aromatic nitrogens is 3. The van der Waals surface area contributed by atoms with Gasteiger partial charge in [-0.05, 0) is 0 Å². The zero-order valence-electron chi connectivity index (χ0n) is 6.31. The number of rotatable bonds is 1. The van der Waals surface area contributed by atoms with Crippen molar-refractivity contribution >= 4 is 22.9 Å². The number of nitriles is 1. The molecule has 0 saturated carbocycles. The van der Waals surface area contributed by atoms with Crippen molar-refractivity contribution in [2.75, 3.05) is 0 Å². The molecule has 2 rings (SSSR count). The van der Waals surface area contributed by atoms with Crippen LogP contribution in [0, 0.1) is 11.3 Å². The minimum Gasteiger partial charge on any atom is -0.267 e. The molecule has 0 fully saturated rings. The van der Waals surface area contributed by atoms with Crippen molar-refractivity contribution in [2.24, 2.45) is 0 Å². The van der Waals surface area contributed by atoms with Crippen LogP contribution < -0.4 is 0 Å². The molecule has 0 unspecified atom stereocenters. The van der Waals surface area contributed by atoms with E-state index in [1.54, 1.807) is 22.3 Å². The van der Waals surface area contributed by atoms with Gasteiger partial charge in [0.25, 0.3) is 0 Å². The van der Waals surface area contributed by atoms with Crippen LogP contribution in [0.3, 0.4) is 0 Å². The Morgan fingerprint density at radius 1 is 1.62 bits per heavy atom. The zero-order chi connectivity index (χ0) is 9.26. The molecule has 64 valence electrons. The Morgan fingerprint density at radius 2 is 2.46 bits per heavy atom. The second-order valence-corrected chi connectivity index (χ2v) is 3.41. The van der Waals surface area contributed by atoms with E-state index in [0.717, 1.165) is 0 Å². The first kappa shape index (κ1) is 8.23. The number of thiazole rings is 1. The van der Waals surface area contributed by atoms with Gasteiger partial charge < -0.3 is 0 Å². The summed E-state index contributed by atoms with van der Waals surface area (Å²) in [6.07, 6.45) is 3.22. The molecule has 0 bridgehead atoms. The van der Waals surface area contributed by atoms with Crippen molar-refractivity contribution in [3.05, 3.63) is 28.8 Å². The first-order valence-electron chi connectivity index (χ1n) is 3.36. The standard InChI is InChI=1S/C7H3ClN4S/c8-5-4-13-7(11-5)12-2-1-10-6(12)3-9/h1-2,4H. The molecule has 4 nitrogen and oxygen atoms in total. The van der Waals surface area contributed by atoms with Gasteiger partial charge in [0.15, 0.2) is 5.13 Å². The third-order valence-corrected chi connectivity index (χ3v) is 2.57. The van der Waals surface area contributed by atoms with Crippen LogP contribution >= 0.6 is 22.9 Å². The average molecular weight is 211 g/mol. The van der Waals surface area contributed by atoms with E-state index in [0.29, 0.717) is 16.1 Å². The van der Waals surface area contributed by atoms with Crippen LogP contribution in [0.5, 0.6) is 0 Å². The van der Waals surface area contributed by atoms with Crippen LogP contribution in [0.15, 0.2) is 17.8 Å². The Labute approximate surface area is 83.0 Å². The average Bonchev–Trinajstić information content (AvgIpc) is 2.71. The monoisotopic (exact) mass is 210 g/mol. The fourth-order valence-electron chi connectivity index (χ4n) is 0.897. The van der Waals surface area contributed by atoms with E-state index in [9.17, 15) is 0 Å². The summed E-state index contributed by atoms with van der Waals surface area (Å²) in [5.41, 5.74) is 0. The Hall–Kier alpha value is -1.38. The predicted molar refractivity (Wildman–Crippen MR) is 49.0 cm³/mol. The molecule has 2 aromatic rings. The van der Waals surface area contributed by atoms with E-state index in [-0.39, 0.29) is 0 Å². The summed E-state index contributed by atoms with van der Waals surface area (Å²) in [6.45, 7) is 0. The number of nitrogens with zero attached hydrogens (tertiary/aromatic N) is 4. The zero-order valence-corrected chi connectivity index (χ0v) is 7.88. The second-order valence-electron chi connectivity index (χ2n) is 2.19. The van der Waals surface area contributed by atoms with Gasteiger partial charge in [0.05, 0.1) is 0 Å². The number of halogens is 1. The minimum atomic E-state index is 0.311. The quantitative estimate of drug-likeness (QED) is 0.722. The molecule has 0 aromatic carbocycles. The lowest BCUT2D eigenvalue weighted by Gasteiger charge is -1.94. The van der Waals surface area contributed by atoms with E-state index in [4.69, 9.17) is 16.9 Å². The molecular weight excluding hydrogens is 208 g/mol. The van der Waals surface area contributed by atoms with Crippen LogP contribution in [-0.4, -0.2) is 14.5 Å². The molecule has 0 radical (unpaired) electrons. The van der Waals surface area contributed by atoms with Gasteiger partial charge >= 0.3 is 0 Å². The van der Waals surface area contributed by atoms with Gasteiger partial charge in [-0.25, -0.2) is 9.97 Å².